The Morgan fingerprint density at radius 1 is 1.44 bits per heavy atom. The van der Waals surface area contributed by atoms with Crippen LogP contribution in [0, 0.1) is 13.8 Å². The average Bonchev–Trinajstić information content (AvgIpc) is 2.10. The highest BCUT2D eigenvalue weighted by Gasteiger charge is 2.00. The summed E-state index contributed by atoms with van der Waals surface area (Å²) in [6.07, 6.45) is 0. The molecule has 1 N–H and O–H groups in total. The highest BCUT2D eigenvalue weighted by Crippen LogP contribution is 2.11. The van der Waals surface area contributed by atoms with Gasteiger partial charge in [-0.15, -0.1) is 0 Å². The van der Waals surface area contributed by atoms with E-state index in [4.69, 9.17) is 4.74 Å². The molecule has 3 nitrogen and oxygen atoms in total. The van der Waals surface area contributed by atoms with E-state index in [0.717, 1.165) is 11.5 Å². The van der Waals surface area contributed by atoms with Crippen molar-refractivity contribution in [1.29, 1.82) is 0 Å². The van der Waals surface area contributed by atoms with E-state index in [9.17, 15) is 0 Å². The number of hydrogen-bond donors (Lipinski definition) is 1. The molecule has 1 rings (SSSR count). The Balaban J connectivity index is 3.01. The van der Waals surface area contributed by atoms with Gasteiger partial charge in [0.05, 0.1) is 12.8 Å². The molecule has 0 saturated carbocycles. The summed E-state index contributed by atoms with van der Waals surface area (Å²) in [5.41, 5.74) is 0.981. The van der Waals surface area contributed by atoms with E-state index in [0.29, 0.717) is 5.88 Å². The highest BCUT2D eigenvalue weighted by atomic mass is 16.5. The van der Waals surface area contributed by atoms with E-state index in [1.54, 1.807) is 7.11 Å². The smallest absolute Gasteiger partial charge is 0.234 e. The number of methoxy groups -OCH3 is 1. The molecule has 1 aromatic heterocycles. The number of aromatic nitrogens is 2. The molecule has 9 heavy (non-hydrogen) atoms. The van der Waals surface area contributed by atoms with Crippen LogP contribution in [0.2, 0.25) is 0 Å². The number of hydrogen-bond acceptors (Lipinski definition) is 2. The molecule has 0 atom stereocenters. The van der Waals surface area contributed by atoms with Gasteiger partial charge in [-0.3, -0.25) is 0 Å². The lowest BCUT2D eigenvalue weighted by Gasteiger charge is -1.90. The summed E-state index contributed by atoms with van der Waals surface area (Å²) < 4.78 is 4.92. The molecule has 0 radical (unpaired) electrons. The minimum Gasteiger partial charge on any atom is -0.480 e. The molecule has 0 aliphatic rings. The minimum atomic E-state index is 0.688. The second-order valence-corrected chi connectivity index (χ2v) is 1.96. The third kappa shape index (κ3) is 1.04. The molecule has 1 heterocycles. The number of aromatic amines is 1. The first-order chi connectivity index (χ1) is 4.24. The number of ether oxygens (including phenoxy) is 1. The van der Waals surface area contributed by atoms with Crippen molar-refractivity contribution in [3.05, 3.63) is 11.5 Å². The molecule has 0 aliphatic heterocycles. The number of aryl methyl sites for hydroxylation is 2. The van der Waals surface area contributed by atoms with E-state index in [2.05, 4.69) is 9.97 Å². The summed E-state index contributed by atoms with van der Waals surface area (Å²) >= 11 is 0. The van der Waals surface area contributed by atoms with Crippen LogP contribution in [0.25, 0.3) is 0 Å². The Labute approximate surface area is 54.1 Å². The van der Waals surface area contributed by atoms with Gasteiger partial charge < -0.3 is 9.72 Å². The van der Waals surface area contributed by atoms with Crippen molar-refractivity contribution in [1.82, 2.24) is 9.97 Å². The zero-order valence-corrected chi connectivity index (χ0v) is 5.86. The molecule has 0 aromatic carbocycles. The lowest BCUT2D eigenvalue weighted by molar-refractivity contribution is 0.396. The zero-order chi connectivity index (χ0) is 6.85. The van der Waals surface area contributed by atoms with Crippen molar-refractivity contribution < 1.29 is 4.74 Å². The van der Waals surface area contributed by atoms with Gasteiger partial charge in [-0.2, -0.15) is 4.98 Å². The monoisotopic (exact) mass is 126 g/mol. The Morgan fingerprint density at radius 3 is 2.33 bits per heavy atom. The fraction of sp³-hybridized carbons (Fsp3) is 0.500. The Bertz CT molecular complexity index is 205. The second-order valence-electron chi connectivity index (χ2n) is 1.96. The van der Waals surface area contributed by atoms with Crippen LogP contribution in [0.5, 0.6) is 5.88 Å². The van der Waals surface area contributed by atoms with Gasteiger partial charge in [-0.1, -0.05) is 0 Å². The summed E-state index contributed by atoms with van der Waals surface area (Å²) in [6, 6.07) is 0. The van der Waals surface area contributed by atoms with E-state index in [-0.39, 0.29) is 0 Å². The van der Waals surface area contributed by atoms with Crippen LogP contribution in [0.1, 0.15) is 11.5 Å². The van der Waals surface area contributed by atoms with Crippen molar-refractivity contribution in [2.24, 2.45) is 0 Å². The van der Waals surface area contributed by atoms with Gasteiger partial charge in [0, 0.05) is 0 Å². The SMILES string of the molecule is COc1nc(C)[nH]c1C. The third-order valence-corrected chi connectivity index (χ3v) is 1.15. The van der Waals surface area contributed by atoms with Crippen LogP contribution in [-0.2, 0) is 0 Å². The van der Waals surface area contributed by atoms with Gasteiger partial charge in [0.25, 0.3) is 0 Å². The van der Waals surface area contributed by atoms with Crippen LogP contribution in [-0.4, -0.2) is 17.1 Å². The predicted octanol–water partition coefficient (Wildman–Crippen LogP) is 1.04. The maximum atomic E-state index is 4.92. The number of rotatable bonds is 1. The van der Waals surface area contributed by atoms with Crippen LogP contribution in [0.3, 0.4) is 0 Å². The first-order valence-corrected chi connectivity index (χ1v) is 2.81. The van der Waals surface area contributed by atoms with Crippen LogP contribution in [0.15, 0.2) is 0 Å². The normalized spacial score (nSPS) is 9.67. The highest BCUT2D eigenvalue weighted by molar-refractivity contribution is 5.18. The Morgan fingerprint density at radius 2 is 2.11 bits per heavy atom. The fourth-order valence-corrected chi connectivity index (χ4v) is 0.788. The molecule has 1 aromatic rings. The third-order valence-electron chi connectivity index (χ3n) is 1.15. The molecule has 50 valence electrons. The average molecular weight is 126 g/mol. The second kappa shape index (κ2) is 2.09. The molecule has 0 saturated heterocycles. The van der Waals surface area contributed by atoms with E-state index < -0.39 is 0 Å². The minimum absolute atomic E-state index is 0.688. The van der Waals surface area contributed by atoms with Crippen LogP contribution >= 0.6 is 0 Å². The lowest BCUT2D eigenvalue weighted by atomic mass is 10.5. The first-order valence-electron chi connectivity index (χ1n) is 2.81. The van der Waals surface area contributed by atoms with E-state index >= 15 is 0 Å². The summed E-state index contributed by atoms with van der Waals surface area (Å²) in [6.45, 7) is 3.83. The van der Waals surface area contributed by atoms with Crippen molar-refractivity contribution in [3.63, 3.8) is 0 Å². The van der Waals surface area contributed by atoms with Gasteiger partial charge in [0.2, 0.25) is 5.88 Å². The van der Waals surface area contributed by atoms with Crippen molar-refractivity contribution in [2.45, 2.75) is 13.8 Å². The Kier molecular flexibility index (Phi) is 1.42. The molecule has 3 heteroatoms. The van der Waals surface area contributed by atoms with Crippen molar-refractivity contribution in [3.8, 4) is 5.88 Å². The molecule has 0 fully saturated rings. The standard InChI is InChI=1S/C6H10N2O/c1-4-6(9-3)8-5(2)7-4/h1-3H3,(H,7,8). The topological polar surface area (TPSA) is 37.9 Å². The quantitative estimate of drug-likeness (QED) is 0.610. The molecule has 0 spiro atoms. The maximum Gasteiger partial charge on any atom is 0.234 e. The largest absolute Gasteiger partial charge is 0.480 e. The first kappa shape index (κ1) is 6.13. The maximum absolute atomic E-state index is 4.92. The molecule has 0 unspecified atom stereocenters. The van der Waals surface area contributed by atoms with Crippen LogP contribution < -0.4 is 4.74 Å². The summed E-state index contributed by atoms with van der Waals surface area (Å²) in [5, 5.41) is 0. The van der Waals surface area contributed by atoms with Crippen molar-refractivity contribution in [2.75, 3.05) is 7.11 Å². The van der Waals surface area contributed by atoms with E-state index in [1.165, 1.54) is 0 Å². The van der Waals surface area contributed by atoms with Crippen molar-refractivity contribution >= 4 is 0 Å². The number of nitrogens with one attached hydrogen (secondary N) is 1. The zero-order valence-electron chi connectivity index (χ0n) is 5.86. The number of nitrogens with zero attached hydrogens (tertiary/aromatic N) is 1. The van der Waals surface area contributed by atoms with Gasteiger partial charge >= 0.3 is 0 Å². The lowest BCUT2D eigenvalue weighted by Crippen LogP contribution is -1.83. The molecule has 0 aliphatic carbocycles. The summed E-state index contributed by atoms with van der Waals surface area (Å²) in [4.78, 5) is 7.07. The van der Waals surface area contributed by atoms with E-state index in [1.807, 2.05) is 13.8 Å². The predicted molar refractivity (Wildman–Crippen MR) is 34.6 cm³/mol. The summed E-state index contributed by atoms with van der Waals surface area (Å²) in [7, 11) is 1.61. The Hall–Kier alpha value is -0.990. The van der Waals surface area contributed by atoms with Gasteiger partial charge in [-0.25, -0.2) is 0 Å². The number of H-pyrrole nitrogens is 1. The molecule has 0 amide bonds. The summed E-state index contributed by atoms with van der Waals surface area (Å²) in [5.74, 6) is 1.58. The van der Waals surface area contributed by atoms with Crippen LogP contribution in [0.4, 0.5) is 0 Å². The molecular formula is C6H10N2O. The molecular weight excluding hydrogens is 116 g/mol. The molecule has 0 bridgehead atoms. The van der Waals surface area contributed by atoms with Gasteiger partial charge in [0.15, 0.2) is 0 Å². The fourth-order valence-electron chi connectivity index (χ4n) is 0.788. The van der Waals surface area contributed by atoms with Gasteiger partial charge in [-0.05, 0) is 13.8 Å². The van der Waals surface area contributed by atoms with Gasteiger partial charge in [0.1, 0.15) is 5.82 Å². The number of imidazole rings is 1.